The fraction of sp³-hybridized carbons (Fsp3) is 0.531. The number of aliphatic carboxylic acids is 1. The second kappa shape index (κ2) is 12.9. The highest BCUT2D eigenvalue weighted by molar-refractivity contribution is 6.01. The second-order valence-corrected chi connectivity index (χ2v) is 11.4. The van der Waals surface area contributed by atoms with Crippen molar-refractivity contribution >= 4 is 17.8 Å². The number of carboxylic acids is 1. The zero-order valence-corrected chi connectivity index (χ0v) is 24.0. The molecule has 9 nitrogen and oxygen atoms in total. The Labute approximate surface area is 241 Å². The van der Waals surface area contributed by atoms with Gasteiger partial charge >= 0.3 is 5.97 Å². The molecular weight excluding hydrogens is 524 g/mol. The van der Waals surface area contributed by atoms with Crippen molar-refractivity contribution in [3.63, 3.8) is 0 Å². The number of amides is 2. The number of carbonyl (C=O) groups is 3. The standard InChI is InChI=1S/C32H40N2O7/c1-21(24-7-9-27-25(18-24)12-14-40-27)33(19-22-4-3-5-26(16-22)32(37)38)20-23-6-8-28(29(17-23)39-2)41-15-13-34-30(35)10-11-31(34)36/h6-9,17-18,21-22,26H,3-5,10-16,19-20H2,1-2H3,(H,37,38). The molecule has 41 heavy (non-hydrogen) atoms. The zero-order valence-electron chi connectivity index (χ0n) is 24.0. The lowest BCUT2D eigenvalue weighted by atomic mass is 9.81. The minimum Gasteiger partial charge on any atom is -0.493 e. The van der Waals surface area contributed by atoms with E-state index in [9.17, 15) is 19.5 Å². The van der Waals surface area contributed by atoms with Gasteiger partial charge in [0.05, 0.1) is 26.2 Å². The van der Waals surface area contributed by atoms with Gasteiger partial charge in [0.2, 0.25) is 11.8 Å². The Hall–Kier alpha value is -3.59. The van der Waals surface area contributed by atoms with Crippen LogP contribution in [-0.4, -0.2) is 66.1 Å². The lowest BCUT2D eigenvalue weighted by Gasteiger charge is -2.36. The molecule has 3 aliphatic rings. The molecule has 2 fully saturated rings. The van der Waals surface area contributed by atoms with Gasteiger partial charge in [-0.05, 0) is 67.0 Å². The van der Waals surface area contributed by atoms with Crippen molar-refractivity contribution in [2.24, 2.45) is 11.8 Å². The van der Waals surface area contributed by atoms with E-state index in [-0.39, 0.29) is 49.8 Å². The summed E-state index contributed by atoms with van der Waals surface area (Å²) in [4.78, 5) is 39.2. The van der Waals surface area contributed by atoms with Crippen molar-refractivity contribution in [2.45, 2.75) is 64.5 Å². The molecule has 2 aliphatic heterocycles. The summed E-state index contributed by atoms with van der Waals surface area (Å²) < 4.78 is 17.3. The molecule has 0 radical (unpaired) electrons. The third kappa shape index (κ3) is 6.84. The Morgan fingerprint density at radius 3 is 2.66 bits per heavy atom. The van der Waals surface area contributed by atoms with Crippen LogP contribution in [0.1, 0.15) is 68.2 Å². The van der Waals surface area contributed by atoms with Crippen molar-refractivity contribution in [1.82, 2.24) is 9.80 Å². The smallest absolute Gasteiger partial charge is 0.306 e. The summed E-state index contributed by atoms with van der Waals surface area (Å²) in [5, 5.41) is 9.65. The van der Waals surface area contributed by atoms with Gasteiger partial charge in [-0.1, -0.05) is 24.6 Å². The number of hydrogen-bond acceptors (Lipinski definition) is 7. The number of ether oxygens (including phenoxy) is 3. The molecule has 0 spiro atoms. The van der Waals surface area contributed by atoms with E-state index in [4.69, 9.17) is 14.2 Å². The Balaban J connectivity index is 1.31. The molecule has 2 heterocycles. The number of rotatable bonds is 12. The first-order valence-corrected chi connectivity index (χ1v) is 14.7. The summed E-state index contributed by atoms with van der Waals surface area (Å²) in [6.45, 7) is 4.82. The lowest BCUT2D eigenvalue weighted by molar-refractivity contribution is -0.143. The monoisotopic (exact) mass is 564 g/mol. The van der Waals surface area contributed by atoms with Crippen LogP contribution in [0.2, 0.25) is 0 Å². The van der Waals surface area contributed by atoms with Gasteiger partial charge in [0, 0.05) is 38.4 Å². The first-order chi connectivity index (χ1) is 19.8. The fourth-order valence-electron chi connectivity index (χ4n) is 6.33. The van der Waals surface area contributed by atoms with E-state index in [2.05, 4.69) is 30.0 Å². The number of hydrogen-bond donors (Lipinski definition) is 1. The van der Waals surface area contributed by atoms with E-state index >= 15 is 0 Å². The van der Waals surface area contributed by atoms with Crippen molar-refractivity contribution in [3.05, 3.63) is 53.1 Å². The maximum Gasteiger partial charge on any atom is 0.306 e. The molecule has 1 saturated carbocycles. The molecule has 0 bridgehead atoms. The third-order valence-electron chi connectivity index (χ3n) is 8.71. The first kappa shape index (κ1) is 28.9. The van der Waals surface area contributed by atoms with E-state index in [1.165, 1.54) is 16.0 Å². The largest absolute Gasteiger partial charge is 0.493 e. The average Bonchev–Trinajstić information content (AvgIpc) is 3.58. The van der Waals surface area contributed by atoms with E-state index in [0.717, 1.165) is 43.5 Å². The molecule has 220 valence electrons. The number of fused-ring (bicyclic) bond motifs is 1. The molecule has 1 saturated heterocycles. The maximum absolute atomic E-state index is 11.9. The number of nitrogens with zero attached hydrogens (tertiary/aromatic N) is 2. The van der Waals surface area contributed by atoms with Crippen molar-refractivity contribution in [3.8, 4) is 17.2 Å². The first-order valence-electron chi connectivity index (χ1n) is 14.7. The molecule has 1 aliphatic carbocycles. The quantitative estimate of drug-likeness (QED) is 0.373. The van der Waals surface area contributed by atoms with E-state index in [1.54, 1.807) is 7.11 Å². The van der Waals surface area contributed by atoms with Crippen molar-refractivity contribution in [1.29, 1.82) is 0 Å². The SMILES string of the molecule is COc1cc(CN(CC2CCCC(C(=O)O)C2)C(C)c2ccc3c(c2)CCO3)ccc1OCCN1C(=O)CCC1=O. The van der Waals surface area contributed by atoms with E-state index in [0.29, 0.717) is 37.0 Å². The predicted molar refractivity (Wildman–Crippen MR) is 152 cm³/mol. The highest BCUT2D eigenvalue weighted by Gasteiger charge is 2.31. The zero-order chi connectivity index (χ0) is 28.9. The molecule has 9 heteroatoms. The Kier molecular flexibility index (Phi) is 9.12. The minimum atomic E-state index is -0.688. The second-order valence-electron chi connectivity index (χ2n) is 11.4. The van der Waals surface area contributed by atoms with Gasteiger partial charge in [0.15, 0.2) is 11.5 Å². The van der Waals surface area contributed by atoms with Gasteiger partial charge in [-0.3, -0.25) is 24.2 Å². The fourth-order valence-corrected chi connectivity index (χ4v) is 6.33. The van der Waals surface area contributed by atoms with Crippen LogP contribution >= 0.6 is 0 Å². The normalized spacial score (nSPS) is 21.1. The van der Waals surface area contributed by atoms with Crippen LogP contribution in [0.3, 0.4) is 0 Å². The number of carbonyl (C=O) groups excluding carboxylic acids is 2. The van der Waals surface area contributed by atoms with Crippen LogP contribution < -0.4 is 14.2 Å². The molecule has 3 atom stereocenters. The number of likely N-dealkylation sites (tertiary alicyclic amines) is 1. The van der Waals surface area contributed by atoms with Crippen LogP contribution in [0.4, 0.5) is 0 Å². The molecular formula is C32H40N2O7. The van der Waals surface area contributed by atoms with E-state index < -0.39 is 5.97 Å². The summed E-state index contributed by atoms with van der Waals surface area (Å²) in [5.74, 6) is 1.15. The molecule has 1 N–H and O–H groups in total. The number of methoxy groups -OCH3 is 1. The summed E-state index contributed by atoms with van der Waals surface area (Å²) in [5.41, 5.74) is 3.51. The maximum atomic E-state index is 11.9. The number of imide groups is 1. The van der Waals surface area contributed by atoms with Crippen LogP contribution in [0.5, 0.6) is 17.2 Å². The summed E-state index contributed by atoms with van der Waals surface area (Å²) in [6.07, 6.45) is 4.88. The van der Waals surface area contributed by atoms with Crippen LogP contribution in [-0.2, 0) is 27.3 Å². The van der Waals surface area contributed by atoms with Gasteiger partial charge in [0.1, 0.15) is 12.4 Å². The van der Waals surface area contributed by atoms with Gasteiger partial charge in [0.25, 0.3) is 0 Å². The van der Waals surface area contributed by atoms with Gasteiger partial charge < -0.3 is 19.3 Å². The predicted octanol–water partition coefficient (Wildman–Crippen LogP) is 4.61. The Morgan fingerprint density at radius 1 is 1.10 bits per heavy atom. The van der Waals surface area contributed by atoms with Crippen molar-refractivity contribution < 1.29 is 33.7 Å². The summed E-state index contributed by atoms with van der Waals surface area (Å²) >= 11 is 0. The molecule has 2 aromatic carbocycles. The Bertz CT molecular complexity index is 1260. The van der Waals surface area contributed by atoms with Gasteiger partial charge in [-0.2, -0.15) is 0 Å². The van der Waals surface area contributed by atoms with E-state index in [1.807, 2.05) is 18.2 Å². The highest BCUT2D eigenvalue weighted by Crippen LogP contribution is 2.36. The summed E-state index contributed by atoms with van der Waals surface area (Å²) in [7, 11) is 1.60. The van der Waals surface area contributed by atoms with Crippen LogP contribution in [0, 0.1) is 11.8 Å². The van der Waals surface area contributed by atoms with Gasteiger partial charge in [-0.25, -0.2) is 0 Å². The van der Waals surface area contributed by atoms with Crippen LogP contribution in [0.15, 0.2) is 36.4 Å². The molecule has 5 rings (SSSR count). The van der Waals surface area contributed by atoms with Crippen LogP contribution in [0.25, 0.3) is 0 Å². The summed E-state index contributed by atoms with van der Waals surface area (Å²) in [6, 6.07) is 12.4. The highest BCUT2D eigenvalue weighted by atomic mass is 16.5. The average molecular weight is 565 g/mol. The number of benzene rings is 2. The molecule has 2 amide bonds. The van der Waals surface area contributed by atoms with Crippen molar-refractivity contribution in [2.75, 3.05) is 33.4 Å². The topological polar surface area (TPSA) is 106 Å². The molecule has 0 aromatic heterocycles. The molecule has 3 unspecified atom stereocenters. The van der Waals surface area contributed by atoms with Gasteiger partial charge in [-0.15, -0.1) is 0 Å². The molecule has 2 aromatic rings. The number of carboxylic acid groups (broad SMARTS) is 1. The minimum absolute atomic E-state index is 0.114. The lowest BCUT2D eigenvalue weighted by Crippen LogP contribution is -2.35. The third-order valence-corrected chi connectivity index (χ3v) is 8.71. The Morgan fingerprint density at radius 2 is 1.90 bits per heavy atom.